The Kier molecular flexibility index (Phi) is 3.10. The van der Waals surface area contributed by atoms with E-state index in [2.05, 4.69) is 10.2 Å². The summed E-state index contributed by atoms with van der Waals surface area (Å²) in [5, 5.41) is 13.9. The van der Waals surface area contributed by atoms with Crippen molar-refractivity contribution < 1.29 is 9.31 Å². The first-order valence-electron chi connectivity index (χ1n) is 6.59. The van der Waals surface area contributed by atoms with Gasteiger partial charge in [0, 0.05) is 36.4 Å². The van der Waals surface area contributed by atoms with Crippen LogP contribution in [0.1, 0.15) is 19.3 Å². The molecule has 1 N–H and O–H groups in total. The molecule has 0 spiro atoms. The first kappa shape index (κ1) is 12.3. The van der Waals surface area contributed by atoms with Gasteiger partial charge in [0.1, 0.15) is 0 Å². The maximum atomic E-state index is 13.6. The molecule has 2 unspecified atom stereocenters. The van der Waals surface area contributed by atoms with Gasteiger partial charge in [0.15, 0.2) is 0 Å². The standard InChI is InChI=1S/C13H16FN3O2/c14-10-8-9(3-4-12(10)17(18)19)15-11-5-7-16-6-1-2-13(11)16/h3-4,8,11,13,15H,1-2,5-7H2. The number of nitro benzene ring substituents is 1. The highest BCUT2D eigenvalue weighted by Crippen LogP contribution is 2.31. The summed E-state index contributed by atoms with van der Waals surface area (Å²) in [5.74, 6) is -0.781. The summed E-state index contributed by atoms with van der Waals surface area (Å²) in [6.07, 6.45) is 3.44. The Balaban J connectivity index is 1.73. The fraction of sp³-hybridized carbons (Fsp3) is 0.538. The number of halogens is 1. The number of benzene rings is 1. The lowest BCUT2D eigenvalue weighted by molar-refractivity contribution is -0.387. The number of rotatable bonds is 3. The van der Waals surface area contributed by atoms with Gasteiger partial charge in [-0.15, -0.1) is 0 Å². The molecule has 0 aliphatic carbocycles. The van der Waals surface area contributed by atoms with E-state index < -0.39 is 16.4 Å². The zero-order valence-corrected chi connectivity index (χ0v) is 10.5. The molecule has 5 nitrogen and oxygen atoms in total. The molecule has 2 fully saturated rings. The van der Waals surface area contributed by atoms with Crippen LogP contribution in [0.5, 0.6) is 0 Å². The summed E-state index contributed by atoms with van der Waals surface area (Å²) in [6.45, 7) is 2.23. The van der Waals surface area contributed by atoms with E-state index in [0.717, 1.165) is 19.5 Å². The first-order chi connectivity index (χ1) is 9.15. The van der Waals surface area contributed by atoms with E-state index in [4.69, 9.17) is 0 Å². The van der Waals surface area contributed by atoms with Gasteiger partial charge in [-0.3, -0.25) is 15.0 Å². The molecule has 0 saturated carbocycles. The van der Waals surface area contributed by atoms with Crippen molar-refractivity contribution in [1.82, 2.24) is 4.90 Å². The van der Waals surface area contributed by atoms with Crippen LogP contribution in [0.15, 0.2) is 18.2 Å². The van der Waals surface area contributed by atoms with Gasteiger partial charge in [0.2, 0.25) is 5.82 Å². The minimum atomic E-state index is -0.781. The summed E-state index contributed by atoms with van der Waals surface area (Å²) in [5.41, 5.74) is 0.154. The van der Waals surface area contributed by atoms with Crippen molar-refractivity contribution in [3.63, 3.8) is 0 Å². The molecule has 2 heterocycles. The molecule has 2 aliphatic heterocycles. The molecule has 0 amide bonds. The molecule has 1 aromatic rings. The number of hydrogen-bond donors (Lipinski definition) is 1. The summed E-state index contributed by atoms with van der Waals surface area (Å²) in [6, 6.07) is 4.87. The van der Waals surface area contributed by atoms with Crippen molar-refractivity contribution in [1.29, 1.82) is 0 Å². The molecule has 2 atom stereocenters. The number of nitro groups is 1. The van der Waals surface area contributed by atoms with Crippen molar-refractivity contribution in [2.75, 3.05) is 18.4 Å². The van der Waals surface area contributed by atoms with E-state index in [-0.39, 0.29) is 0 Å². The number of fused-ring (bicyclic) bond motifs is 1. The predicted octanol–water partition coefficient (Wildman–Crippen LogP) is 2.38. The van der Waals surface area contributed by atoms with E-state index in [1.54, 1.807) is 6.07 Å². The number of nitrogens with one attached hydrogen (secondary N) is 1. The lowest BCUT2D eigenvalue weighted by Gasteiger charge is -2.22. The van der Waals surface area contributed by atoms with E-state index >= 15 is 0 Å². The topological polar surface area (TPSA) is 58.4 Å². The summed E-state index contributed by atoms with van der Waals surface area (Å²) >= 11 is 0. The minimum Gasteiger partial charge on any atom is -0.381 e. The number of hydrogen-bond acceptors (Lipinski definition) is 4. The molecular weight excluding hydrogens is 249 g/mol. The van der Waals surface area contributed by atoms with Gasteiger partial charge in [0.25, 0.3) is 0 Å². The summed E-state index contributed by atoms with van der Waals surface area (Å²) in [7, 11) is 0. The molecule has 0 radical (unpaired) electrons. The van der Waals surface area contributed by atoms with Crippen LogP contribution in [-0.4, -0.2) is 35.0 Å². The number of anilines is 1. The Morgan fingerprint density at radius 1 is 1.37 bits per heavy atom. The van der Waals surface area contributed by atoms with Gasteiger partial charge in [-0.05, 0) is 31.9 Å². The fourth-order valence-corrected chi connectivity index (χ4v) is 3.21. The third kappa shape index (κ3) is 2.28. The first-order valence-corrected chi connectivity index (χ1v) is 6.59. The molecule has 2 saturated heterocycles. The Morgan fingerprint density at radius 3 is 2.95 bits per heavy atom. The predicted molar refractivity (Wildman–Crippen MR) is 69.7 cm³/mol. The lowest BCUT2D eigenvalue weighted by Crippen LogP contribution is -2.33. The van der Waals surface area contributed by atoms with Crippen LogP contribution in [0.2, 0.25) is 0 Å². The molecule has 19 heavy (non-hydrogen) atoms. The molecule has 2 aliphatic rings. The second kappa shape index (κ2) is 4.77. The smallest absolute Gasteiger partial charge is 0.304 e. The second-order valence-corrected chi connectivity index (χ2v) is 5.21. The van der Waals surface area contributed by atoms with Gasteiger partial charge >= 0.3 is 5.69 Å². The quantitative estimate of drug-likeness (QED) is 0.673. The summed E-state index contributed by atoms with van der Waals surface area (Å²) in [4.78, 5) is 12.3. The second-order valence-electron chi connectivity index (χ2n) is 5.21. The largest absolute Gasteiger partial charge is 0.381 e. The number of nitrogens with zero attached hydrogens (tertiary/aromatic N) is 2. The molecule has 0 bridgehead atoms. The van der Waals surface area contributed by atoms with Crippen LogP contribution < -0.4 is 5.32 Å². The maximum Gasteiger partial charge on any atom is 0.304 e. The van der Waals surface area contributed by atoms with Gasteiger partial charge in [0.05, 0.1) is 4.92 Å². The monoisotopic (exact) mass is 265 g/mol. The van der Waals surface area contributed by atoms with Gasteiger partial charge in [-0.25, -0.2) is 0 Å². The molecule has 6 heteroatoms. The van der Waals surface area contributed by atoms with Crippen LogP contribution in [-0.2, 0) is 0 Å². The van der Waals surface area contributed by atoms with Crippen LogP contribution in [0, 0.1) is 15.9 Å². The van der Waals surface area contributed by atoms with Crippen molar-refractivity contribution in [3.05, 3.63) is 34.1 Å². The molecule has 102 valence electrons. The average Bonchev–Trinajstić information content (AvgIpc) is 2.94. The third-order valence-electron chi connectivity index (χ3n) is 4.10. The molecule has 0 aromatic heterocycles. The molecule has 3 rings (SSSR count). The van der Waals surface area contributed by atoms with E-state index in [0.29, 0.717) is 17.8 Å². The average molecular weight is 265 g/mol. The molecular formula is C13H16FN3O2. The Morgan fingerprint density at radius 2 is 2.21 bits per heavy atom. The van der Waals surface area contributed by atoms with Crippen molar-refractivity contribution in [2.45, 2.75) is 31.3 Å². The lowest BCUT2D eigenvalue weighted by atomic mass is 10.1. The maximum absolute atomic E-state index is 13.6. The zero-order valence-electron chi connectivity index (χ0n) is 10.5. The highest BCUT2D eigenvalue weighted by Gasteiger charge is 2.37. The van der Waals surface area contributed by atoms with Gasteiger partial charge in [-0.2, -0.15) is 4.39 Å². The van der Waals surface area contributed by atoms with Crippen molar-refractivity contribution in [2.24, 2.45) is 0 Å². The molecule has 1 aromatic carbocycles. The highest BCUT2D eigenvalue weighted by atomic mass is 19.1. The van der Waals surface area contributed by atoms with Crippen molar-refractivity contribution in [3.8, 4) is 0 Å². The van der Waals surface area contributed by atoms with E-state index in [1.807, 2.05) is 0 Å². The SMILES string of the molecule is O=[N+]([O-])c1ccc(NC2CCN3CCCC23)cc1F. The van der Waals surface area contributed by atoms with Crippen LogP contribution in [0.3, 0.4) is 0 Å². The van der Waals surface area contributed by atoms with Crippen LogP contribution in [0.25, 0.3) is 0 Å². The Hall–Kier alpha value is -1.69. The van der Waals surface area contributed by atoms with Gasteiger partial charge < -0.3 is 5.32 Å². The van der Waals surface area contributed by atoms with Gasteiger partial charge in [-0.1, -0.05) is 0 Å². The van der Waals surface area contributed by atoms with Crippen LogP contribution >= 0.6 is 0 Å². The van der Waals surface area contributed by atoms with E-state index in [9.17, 15) is 14.5 Å². The normalized spacial score (nSPS) is 26.4. The zero-order chi connectivity index (χ0) is 13.4. The van der Waals surface area contributed by atoms with E-state index in [1.165, 1.54) is 25.0 Å². The minimum absolute atomic E-state index is 0.323. The Bertz CT molecular complexity index is 509. The summed E-state index contributed by atoms with van der Waals surface area (Å²) < 4.78 is 13.6. The van der Waals surface area contributed by atoms with Crippen LogP contribution in [0.4, 0.5) is 15.8 Å². The van der Waals surface area contributed by atoms with Crippen molar-refractivity contribution >= 4 is 11.4 Å². The third-order valence-corrected chi connectivity index (χ3v) is 4.10. The highest BCUT2D eigenvalue weighted by molar-refractivity contribution is 5.50. The Labute approximate surface area is 110 Å². The fourth-order valence-electron chi connectivity index (χ4n) is 3.21.